The predicted octanol–water partition coefficient (Wildman–Crippen LogP) is 4.04. The van der Waals surface area contributed by atoms with Crippen molar-refractivity contribution in [1.82, 2.24) is 9.88 Å². The lowest BCUT2D eigenvalue weighted by Gasteiger charge is -2.26. The molecule has 1 saturated heterocycles. The number of piperidine rings is 1. The summed E-state index contributed by atoms with van der Waals surface area (Å²) in [6, 6.07) is 10.8. The molecule has 2 aromatic rings. The highest BCUT2D eigenvalue weighted by Crippen LogP contribution is 2.23. The van der Waals surface area contributed by atoms with Gasteiger partial charge in [-0.25, -0.2) is 0 Å². The van der Waals surface area contributed by atoms with Gasteiger partial charge in [0.15, 0.2) is 0 Å². The number of nitrogens with zero attached hydrogens (tertiary/aromatic N) is 2. The lowest BCUT2D eigenvalue weighted by atomic mass is 10.0. The first-order valence-electron chi connectivity index (χ1n) is 7.55. The minimum absolute atomic E-state index is 1.03. The normalized spacial score (nSPS) is 16.2. The molecule has 2 heterocycles. The van der Waals surface area contributed by atoms with Gasteiger partial charge in [-0.1, -0.05) is 30.7 Å². The van der Waals surface area contributed by atoms with Crippen molar-refractivity contribution in [3.05, 3.63) is 53.9 Å². The molecule has 2 nitrogen and oxygen atoms in total. The molecule has 1 aliphatic rings. The molecule has 20 heavy (non-hydrogen) atoms. The van der Waals surface area contributed by atoms with Crippen LogP contribution in [0.2, 0.25) is 0 Å². The van der Waals surface area contributed by atoms with Crippen molar-refractivity contribution in [2.75, 3.05) is 13.1 Å². The van der Waals surface area contributed by atoms with E-state index in [2.05, 4.69) is 47.1 Å². The van der Waals surface area contributed by atoms with Gasteiger partial charge in [-0.15, -0.1) is 0 Å². The highest BCUT2D eigenvalue weighted by atomic mass is 15.1. The fraction of sp³-hybridized carbons (Fsp3) is 0.389. The third-order valence-corrected chi connectivity index (χ3v) is 4.11. The average Bonchev–Trinajstić information content (AvgIpc) is 2.49. The molecule has 1 aromatic carbocycles. The molecule has 0 aliphatic carbocycles. The van der Waals surface area contributed by atoms with E-state index < -0.39 is 0 Å². The van der Waals surface area contributed by atoms with E-state index in [0.29, 0.717) is 0 Å². The fourth-order valence-electron chi connectivity index (χ4n) is 2.99. The van der Waals surface area contributed by atoms with Crippen LogP contribution >= 0.6 is 0 Å². The lowest BCUT2D eigenvalue weighted by molar-refractivity contribution is 0.220. The van der Waals surface area contributed by atoms with E-state index in [1.165, 1.54) is 54.6 Å². The molecule has 0 spiro atoms. The molecule has 0 unspecified atom stereocenters. The van der Waals surface area contributed by atoms with Gasteiger partial charge in [-0.3, -0.25) is 9.88 Å². The summed E-state index contributed by atoms with van der Waals surface area (Å²) in [5, 5.41) is 0. The molecule has 104 valence electrons. The summed E-state index contributed by atoms with van der Waals surface area (Å²) in [6.45, 7) is 5.66. The number of rotatable bonds is 3. The molecular formula is C18H22N2. The Kier molecular flexibility index (Phi) is 4.12. The average molecular weight is 266 g/mol. The Morgan fingerprint density at radius 2 is 1.85 bits per heavy atom. The summed E-state index contributed by atoms with van der Waals surface area (Å²) in [6.07, 6.45) is 8.05. The maximum atomic E-state index is 4.44. The first-order valence-corrected chi connectivity index (χ1v) is 7.55. The van der Waals surface area contributed by atoms with Crippen molar-refractivity contribution in [3.8, 4) is 11.1 Å². The Bertz CT molecular complexity index is 571. The predicted molar refractivity (Wildman–Crippen MR) is 83.5 cm³/mol. The molecular weight excluding hydrogens is 244 g/mol. The maximum Gasteiger partial charge on any atom is 0.0346 e. The minimum Gasteiger partial charge on any atom is -0.299 e. The van der Waals surface area contributed by atoms with Gasteiger partial charge in [-0.05, 0) is 55.6 Å². The Hall–Kier alpha value is -1.67. The van der Waals surface area contributed by atoms with Gasteiger partial charge in [0.25, 0.3) is 0 Å². The SMILES string of the molecule is Cc1ccccc1-c1cncc(CN2CCCCC2)c1. The first kappa shape index (κ1) is 13.3. The highest BCUT2D eigenvalue weighted by molar-refractivity contribution is 5.66. The van der Waals surface area contributed by atoms with E-state index in [9.17, 15) is 0 Å². The van der Waals surface area contributed by atoms with Crippen LogP contribution < -0.4 is 0 Å². The van der Waals surface area contributed by atoms with E-state index >= 15 is 0 Å². The third-order valence-electron chi connectivity index (χ3n) is 4.11. The van der Waals surface area contributed by atoms with E-state index in [-0.39, 0.29) is 0 Å². The zero-order chi connectivity index (χ0) is 13.8. The number of likely N-dealkylation sites (tertiary alicyclic amines) is 1. The summed E-state index contributed by atoms with van der Waals surface area (Å²) >= 11 is 0. The number of hydrogen-bond donors (Lipinski definition) is 0. The van der Waals surface area contributed by atoms with Crippen LogP contribution in [0.3, 0.4) is 0 Å². The van der Waals surface area contributed by atoms with Crippen molar-refractivity contribution in [2.24, 2.45) is 0 Å². The van der Waals surface area contributed by atoms with Crippen molar-refractivity contribution in [2.45, 2.75) is 32.7 Å². The van der Waals surface area contributed by atoms with Crippen molar-refractivity contribution >= 4 is 0 Å². The van der Waals surface area contributed by atoms with Crippen LogP contribution in [0, 0.1) is 6.92 Å². The molecule has 1 fully saturated rings. The standard InChI is InChI=1S/C18H22N2/c1-15-7-3-4-8-18(15)17-11-16(12-19-13-17)14-20-9-5-2-6-10-20/h3-4,7-8,11-13H,2,5-6,9-10,14H2,1H3. The van der Waals surface area contributed by atoms with Gasteiger partial charge in [0, 0.05) is 24.5 Å². The van der Waals surface area contributed by atoms with Crippen molar-refractivity contribution in [1.29, 1.82) is 0 Å². The first-order chi connectivity index (χ1) is 9.83. The molecule has 0 bridgehead atoms. The molecule has 0 saturated carbocycles. The van der Waals surface area contributed by atoms with Crippen LogP contribution in [-0.4, -0.2) is 23.0 Å². The Balaban J connectivity index is 1.80. The monoisotopic (exact) mass is 266 g/mol. The van der Waals surface area contributed by atoms with Crippen molar-refractivity contribution < 1.29 is 0 Å². The molecule has 2 heteroatoms. The number of aryl methyl sites for hydroxylation is 1. The van der Waals surface area contributed by atoms with Gasteiger partial charge >= 0.3 is 0 Å². The fourth-order valence-corrected chi connectivity index (χ4v) is 2.99. The lowest BCUT2D eigenvalue weighted by Crippen LogP contribution is -2.29. The molecule has 3 rings (SSSR count). The number of aromatic nitrogens is 1. The third kappa shape index (κ3) is 3.07. The van der Waals surface area contributed by atoms with Crippen LogP contribution in [0.25, 0.3) is 11.1 Å². The molecule has 0 atom stereocenters. The summed E-state index contributed by atoms with van der Waals surface area (Å²) in [5.41, 5.74) is 5.16. The Morgan fingerprint density at radius 1 is 1.05 bits per heavy atom. The highest BCUT2D eigenvalue weighted by Gasteiger charge is 2.11. The largest absolute Gasteiger partial charge is 0.299 e. The zero-order valence-corrected chi connectivity index (χ0v) is 12.2. The van der Waals surface area contributed by atoms with Crippen LogP contribution in [0.15, 0.2) is 42.7 Å². The Labute approximate surface area is 121 Å². The number of pyridine rings is 1. The van der Waals surface area contributed by atoms with Crippen LogP contribution in [0.1, 0.15) is 30.4 Å². The van der Waals surface area contributed by atoms with Gasteiger partial charge < -0.3 is 0 Å². The molecule has 1 aromatic heterocycles. The summed E-state index contributed by atoms with van der Waals surface area (Å²) in [7, 11) is 0. The maximum absolute atomic E-state index is 4.44. The van der Waals surface area contributed by atoms with Crippen LogP contribution in [0.4, 0.5) is 0 Å². The smallest absolute Gasteiger partial charge is 0.0346 e. The molecule has 0 amide bonds. The number of benzene rings is 1. The molecule has 0 radical (unpaired) electrons. The summed E-state index contributed by atoms with van der Waals surface area (Å²) < 4.78 is 0. The second-order valence-electron chi connectivity index (χ2n) is 5.73. The molecule has 0 N–H and O–H groups in total. The molecule has 1 aliphatic heterocycles. The van der Waals surface area contributed by atoms with E-state index in [1.807, 2.05) is 12.4 Å². The van der Waals surface area contributed by atoms with E-state index in [4.69, 9.17) is 0 Å². The van der Waals surface area contributed by atoms with E-state index in [0.717, 1.165) is 6.54 Å². The Morgan fingerprint density at radius 3 is 2.65 bits per heavy atom. The summed E-state index contributed by atoms with van der Waals surface area (Å²) in [4.78, 5) is 6.98. The quantitative estimate of drug-likeness (QED) is 0.833. The van der Waals surface area contributed by atoms with Crippen LogP contribution in [0.5, 0.6) is 0 Å². The topological polar surface area (TPSA) is 16.1 Å². The van der Waals surface area contributed by atoms with Crippen LogP contribution in [-0.2, 0) is 6.54 Å². The second-order valence-corrected chi connectivity index (χ2v) is 5.73. The van der Waals surface area contributed by atoms with Gasteiger partial charge in [-0.2, -0.15) is 0 Å². The summed E-state index contributed by atoms with van der Waals surface area (Å²) in [5.74, 6) is 0. The zero-order valence-electron chi connectivity index (χ0n) is 12.2. The minimum atomic E-state index is 1.03. The van der Waals surface area contributed by atoms with Gasteiger partial charge in [0.05, 0.1) is 0 Å². The van der Waals surface area contributed by atoms with Crippen molar-refractivity contribution in [3.63, 3.8) is 0 Å². The second kappa shape index (κ2) is 6.19. The van der Waals surface area contributed by atoms with E-state index in [1.54, 1.807) is 0 Å². The number of hydrogen-bond acceptors (Lipinski definition) is 2. The van der Waals surface area contributed by atoms with Gasteiger partial charge in [0.1, 0.15) is 0 Å². The van der Waals surface area contributed by atoms with Gasteiger partial charge in [0.2, 0.25) is 0 Å².